The average Bonchev–Trinajstić information content (AvgIpc) is 3.20. The highest BCUT2D eigenvalue weighted by atomic mass is 32.2. The maximum absolute atomic E-state index is 13.5. The molecule has 2 aliphatic heterocycles. The summed E-state index contributed by atoms with van der Waals surface area (Å²) in [5.41, 5.74) is 1.38. The van der Waals surface area contributed by atoms with Gasteiger partial charge in [-0.15, -0.1) is 0 Å². The molecule has 1 aromatic heterocycles. The van der Waals surface area contributed by atoms with Crippen molar-refractivity contribution in [1.82, 2.24) is 9.47 Å². The van der Waals surface area contributed by atoms with Gasteiger partial charge in [0.1, 0.15) is 21.8 Å². The number of thioether (sulfide) groups is 1. The summed E-state index contributed by atoms with van der Waals surface area (Å²) in [4.78, 5) is 31.4. The number of hydrogen-bond acceptors (Lipinski definition) is 6. The van der Waals surface area contributed by atoms with E-state index in [0.29, 0.717) is 33.8 Å². The van der Waals surface area contributed by atoms with Crippen molar-refractivity contribution >= 4 is 46.1 Å². The molecule has 8 heteroatoms. The van der Waals surface area contributed by atoms with E-state index in [0.717, 1.165) is 56.6 Å². The van der Waals surface area contributed by atoms with E-state index in [1.165, 1.54) is 63.1 Å². The molecular weight excluding hydrogens is 537 g/mol. The van der Waals surface area contributed by atoms with Gasteiger partial charge in [-0.25, -0.2) is 0 Å². The third-order valence-electron chi connectivity index (χ3n) is 8.26. The molecule has 0 bridgehead atoms. The predicted octanol–water partition coefficient (Wildman–Crippen LogP) is 7.80. The number of hydrogen-bond donors (Lipinski definition) is 0. The Hall–Kier alpha value is -2.11. The predicted molar refractivity (Wildman–Crippen MR) is 173 cm³/mol. The zero-order valence-electron chi connectivity index (χ0n) is 25.1. The van der Waals surface area contributed by atoms with E-state index < -0.39 is 0 Å². The van der Waals surface area contributed by atoms with Crippen LogP contribution in [-0.2, 0) is 11.3 Å². The Bertz CT molecular complexity index is 1160. The SMILES string of the molecule is CCCCCCCCCCCCN1C(=O)/C(=C/c2c(C)c(C#N)c(=O)n(CCC)c2N2CCC(C)CC2)SC1=S. The first-order chi connectivity index (χ1) is 19.3. The van der Waals surface area contributed by atoms with Crippen LogP contribution in [0.5, 0.6) is 0 Å². The molecule has 220 valence electrons. The summed E-state index contributed by atoms with van der Waals surface area (Å²) in [6.45, 7) is 11.3. The molecule has 0 radical (unpaired) electrons. The van der Waals surface area contributed by atoms with E-state index in [4.69, 9.17) is 12.2 Å². The van der Waals surface area contributed by atoms with E-state index in [-0.39, 0.29) is 17.0 Å². The normalized spacial score (nSPS) is 17.3. The van der Waals surface area contributed by atoms with Crippen LogP contribution < -0.4 is 10.5 Å². The molecule has 0 aromatic carbocycles. The van der Waals surface area contributed by atoms with Crippen molar-refractivity contribution in [3.63, 3.8) is 0 Å². The number of aromatic nitrogens is 1. The summed E-state index contributed by atoms with van der Waals surface area (Å²) >= 11 is 6.97. The summed E-state index contributed by atoms with van der Waals surface area (Å²) in [7, 11) is 0. The van der Waals surface area contributed by atoms with Gasteiger partial charge in [0.05, 0.1) is 4.91 Å². The number of piperidine rings is 1. The van der Waals surface area contributed by atoms with Crippen LogP contribution in [-0.4, -0.2) is 39.3 Å². The third-order valence-corrected chi connectivity index (χ3v) is 9.64. The lowest BCUT2D eigenvalue weighted by atomic mass is 9.97. The first-order valence-corrected chi connectivity index (χ1v) is 16.7. The van der Waals surface area contributed by atoms with Gasteiger partial charge in [0.25, 0.3) is 11.5 Å². The largest absolute Gasteiger partial charge is 0.357 e. The molecular formula is C32H48N4O2S2. The van der Waals surface area contributed by atoms with Crippen LogP contribution in [0.25, 0.3) is 6.08 Å². The van der Waals surface area contributed by atoms with Crippen molar-refractivity contribution in [2.75, 3.05) is 24.5 Å². The van der Waals surface area contributed by atoms with E-state index in [1.54, 1.807) is 9.47 Å². The van der Waals surface area contributed by atoms with Gasteiger partial charge in [-0.05, 0) is 50.2 Å². The van der Waals surface area contributed by atoms with Gasteiger partial charge in [-0.3, -0.25) is 19.1 Å². The first kappa shape index (κ1) is 32.4. The van der Waals surface area contributed by atoms with Gasteiger partial charge >= 0.3 is 0 Å². The third kappa shape index (κ3) is 8.22. The van der Waals surface area contributed by atoms with Crippen LogP contribution in [0.4, 0.5) is 5.82 Å². The Morgan fingerprint density at radius 2 is 1.55 bits per heavy atom. The Morgan fingerprint density at radius 1 is 0.950 bits per heavy atom. The second kappa shape index (κ2) is 16.4. The number of pyridine rings is 1. The molecule has 0 N–H and O–H groups in total. The number of anilines is 1. The Kier molecular flexibility index (Phi) is 13.3. The van der Waals surface area contributed by atoms with E-state index >= 15 is 0 Å². The van der Waals surface area contributed by atoms with Gasteiger partial charge in [0.15, 0.2) is 0 Å². The van der Waals surface area contributed by atoms with Crippen LogP contribution in [0.1, 0.15) is 121 Å². The zero-order chi connectivity index (χ0) is 29.1. The molecule has 2 aliphatic rings. The summed E-state index contributed by atoms with van der Waals surface area (Å²) in [6, 6.07) is 2.15. The minimum absolute atomic E-state index is 0.0599. The molecule has 0 aliphatic carbocycles. The molecule has 0 spiro atoms. The summed E-state index contributed by atoms with van der Waals surface area (Å²) in [5.74, 6) is 1.43. The summed E-state index contributed by atoms with van der Waals surface area (Å²) in [6.07, 6.45) is 17.3. The van der Waals surface area contributed by atoms with Crippen molar-refractivity contribution in [2.24, 2.45) is 5.92 Å². The fraction of sp³-hybridized carbons (Fsp3) is 0.688. The van der Waals surface area contributed by atoms with Crippen LogP contribution in [0.3, 0.4) is 0 Å². The van der Waals surface area contributed by atoms with Crippen molar-refractivity contribution < 1.29 is 4.79 Å². The van der Waals surface area contributed by atoms with Crippen molar-refractivity contribution in [3.05, 3.63) is 31.9 Å². The number of carbonyl (C=O) groups is 1. The van der Waals surface area contributed by atoms with E-state index in [2.05, 4.69) is 24.8 Å². The Balaban J connectivity index is 1.76. The number of nitriles is 1. The highest BCUT2D eigenvalue weighted by molar-refractivity contribution is 8.26. The van der Waals surface area contributed by atoms with Gasteiger partial charge in [-0.1, -0.05) is 103 Å². The van der Waals surface area contributed by atoms with Gasteiger partial charge < -0.3 is 4.90 Å². The van der Waals surface area contributed by atoms with Crippen molar-refractivity contribution in [1.29, 1.82) is 5.26 Å². The first-order valence-electron chi connectivity index (χ1n) is 15.5. The smallest absolute Gasteiger partial charge is 0.270 e. The molecule has 2 saturated heterocycles. The fourth-order valence-corrected chi connectivity index (χ4v) is 7.01. The summed E-state index contributed by atoms with van der Waals surface area (Å²) < 4.78 is 2.36. The highest BCUT2D eigenvalue weighted by Gasteiger charge is 2.33. The van der Waals surface area contributed by atoms with Crippen molar-refractivity contribution in [3.8, 4) is 6.07 Å². The molecule has 0 unspecified atom stereocenters. The minimum Gasteiger partial charge on any atom is -0.357 e. The second-order valence-electron chi connectivity index (χ2n) is 11.5. The minimum atomic E-state index is -0.235. The Morgan fingerprint density at radius 3 is 2.12 bits per heavy atom. The molecule has 0 atom stereocenters. The zero-order valence-corrected chi connectivity index (χ0v) is 26.7. The molecule has 2 fully saturated rings. The van der Waals surface area contributed by atoms with Crippen LogP contribution in [0, 0.1) is 24.2 Å². The van der Waals surface area contributed by atoms with Crippen LogP contribution >= 0.6 is 24.0 Å². The molecule has 1 amide bonds. The standard InChI is InChI=1S/C32H48N4O2S2/c1-5-7-8-9-10-11-12-13-14-15-19-36-31(38)28(40-32(36)39)22-26-25(4)27(23-33)30(37)35(18-6-2)29(26)34-20-16-24(3)17-21-34/h22,24H,5-21H2,1-4H3/b28-22-. The van der Waals surface area contributed by atoms with Crippen molar-refractivity contribution in [2.45, 2.75) is 118 Å². The van der Waals surface area contributed by atoms with Crippen LogP contribution in [0.2, 0.25) is 0 Å². The number of carbonyl (C=O) groups excluding carboxylic acids is 1. The topological polar surface area (TPSA) is 69.3 Å². The average molecular weight is 585 g/mol. The van der Waals surface area contributed by atoms with E-state index in [1.807, 2.05) is 19.9 Å². The number of thiocarbonyl (C=S) groups is 1. The maximum Gasteiger partial charge on any atom is 0.270 e. The monoisotopic (exact) mass is 584 g/mol. The highest BCUT2D eigenvalue weighted by Crippen LogP contribution is 2.37. The van der Waals surface area contributed by atoms with Gasteiger partial charge in [0.2, 0.25) is 0 Å². The number of rotatable bonds is 15. The fourth-order valence-electron chi connectivity index (χ4n) is 5.72. The quantitative estimate of drug-likeness (QED) is 0.119. The molecule has 1 aromatic rings. The molecule has 3 heterocycles. The molecule has 40 heavy (non-hydrogen) atoms. The lowest BCUT2D eigenvalue weighted by molar-refractivity contribution is -0.122. The van der Waals surface area contributed by atoms with Gasteiger partial charge in [-0.2, -0.15) is 5.26 Å². The lowest BCUT2D eigenvalue weighted by Crippen LogP contribution is -2.39. The molecule has 0 saturated carbocycles. The van der Waals surface area contributed by atoms with Gasteiger partial charge in [0, 0.05) is 31.7 Å². The summed E-state index contributed by atoms with van der Waals surface area (Å²) in [5, 5.41) is 9.87. The Labute approximate surface area is 251 Å². The molecule has 3 rings (SSSR count). The maximum atomic E-state index is 13.5. The number of amides is 1. The number of unbranched alkanes of at least 4 members (excludes halogenated alkanes) is 9. The van der Waals surface area contributed by atoms with E-state index in [9.17, 15) is 14.9 Å². The lowest BCUT2D eigenvalue weighted by Gasteiger charge is -2.35. The number of nitrogens with zero attached hydrogens (tertiary/aromatic N) is 4. The second-order valence-corrected chi connectivity index (χ2v) is 13.2. The van der Waals surface area contributed by atoms with Crippen LogP contribution in [0.15, 0.2) is 9.70 Å². The molecule has 6 nitrogen and oxygen atoms in total.